The molecule has 106 valence electrons. The normalized spacial score (nSPS) is 19.5. The number of piperazine rings is 1. The van der Waals surface area contributed by atoms with E-state index in [2.05, 4.69) is 16.8 Å². The average molecular weight is 267 g/mol. The number of benzene rings is 1. The molecule has 3 N–H and O–H groups in total. The second-order valence-electron chi connectivity index (χ2n) is 5.23. The summed E-state index contributed by atoms with van der Waals surface area (Å²) in [5.41, 5.74) is 6.29. The molecule has 2 rings (SSSR count). The van der Waals surface area contributed by atoms with Gasteiger partial charge in [-0.1, -0.05) is 6.07 Å². The number of hydrogen-bond donors (Lipinski definition) is 2. The third-order valence-electron chi connectivity index (χ3n) is 3.72. The predicted octanol–water partition coefficient (Wildman–Crippen LogP) is 1.08. The molecule has 19 heavy (non-hydrogen) atoms. The molecule has 1 aliphatic heterocycles. The number of aliphatic hydroxyl groups is 1. The van der Waals surface area contributed by atoms with Gasteiger partial charge in [-0.3, -0.25) is 0 Å². The Kier molecular flexibility index (Phi) is 4.74. The molecule has 0 bridgehead atoms. The van der Waals surface area contributed by atoms with Gasteiger partial charge in [-0.05, 0) is 31.2 Å². The van der Waals surface area contributed by atoms with E-state index in [9.17, 15) is 9.50 Å². The predicted molar refractivity (Wildman–Crippen MR) is 74.3 cm³/mol. The van der Waals surface area contributed by atoms with E-state index in [0.29, 0.717) is 12.0 Å². The molecule has 0 radical (unpaired) electrons. The van der Waals surface area contributed by atoms with Crippen molar-refractivity contribution < 1.29 is 9.50 Å². The van der Waals surface area contributed by atoms with Crippen LogP contribution in [0.4, 0.5) is 10.1 Å². The second-order valence-corrected chi connectivity index (χ2v) is 5.23. The molecule has 1 saturated heterocycles. The van der Waals surface area contributed by atoms with Crippen LogP contribution in [0.5, 0.6) is 0 Å². The lowest BCUT2D eigenvalue weighted by Gasteiger charge is -2.32. The summed E-state index contributed by atoms with van der Waals surface area (Å²) in [5.74, 6) is -0.435. The van der Waals surface area contributed by atoms with Gasteiger partial charge in [0.1, 0.15) is 5.82 Å². The van der Waals surface area contributed by atoms with Crippen LogP contribution in [0.1, 0.15) is 18.1 Å². The monoisotopic (exact) mass is 267 g/mol. The number of halogens is 1. The Morgan fingerprint density at radius 3 is 2.63 bits per heavy atom. The molecular weight excluding hydrogens is 245 g/mol. The van der Waals surface area contributed by atoms with Crippen LogP contribution < -0.4 is 5.73 Å². The Morgan fingerprint density at radius 1 is 1.32 bits per heavy atom. The smallest absolute Gasteiger partial charge is 0.146 e. The van der Waals surface area contributed by atoms with E-state index in [1.807, 2.05) is 0 Å². The van der Waals surface area contributed by atoms with Crippen LogP contribution in [0.25, 0.3) is 0 Å². The Hall–Kier alpha value is -1.17. The standard InChI is InChI=1S/C14H22FN3O/c1-17-6-8-18(9-7-17)5-4-14(19)11-2-3-12(15)13(16)10-11/h2-3,10,14,19H,4-9,16H2,1H3. The van der Waals surface area contributed by atoms with E-state index in [1.54, 1.807) is 6.07 Å². The van der Waals surface area contributed by atoms with E-state index < -0.39 is 11.9 Å². The molecule has 0 aromatic heterocycles. The molecule has 5 heteroatoms. The van der Waals surface area contributed by atoms with Crippen LogP contribution >= 0.6 is 0 Å². The summed E-state index contributed by atoms with van der Waals surface area (Å²) in [4.78, 5) is 4.64. The third kappa shape index (κ3) is 3.89. The first-order chi connectivity index (χ1) is 9.06. The van der Waals surface area contributed by atoms with Crippen molar-refractivity contribution in [2.75, 3.05) is 45.5 Å². The van der Waals surface area contributed by atoms with Crippen LogP contribution in [-0.4, -0.2) is 54.7 Å². The number of nitrogens with zero attached hydrogens (tertiary/aromatic N) is 2. The zero-order valence-corrected chi connectivity index (χ0v) is 11.3. The highest BCUT2D eigenvalue weighted by atomic mass is 19.1. The van der Waals surface area contributed by atoms with Gasteiger partial charge in [0.2, 0.25) is 0 Å². The van der Waals surface area contributed by atoms with Crippen molar-refractivity contribution >= 4 is 5.69 Å². The molecule has 1 aromatic rings. The first-order valence-electron chi connectivity index (χ1n) is 6.70. The Bertz CT molecular complexity index is 419. The lowest BCUT2D eigenvalue weighted by molar-refractivity contribution is 0.113. The number of hydrogen-bond acceptors (Lipinski definition) is 4. The Morgan fingerprint density at radius 2 is 2.00 bits per heavy atom. The summed E-state index contributed by atoms with van der Waals surface area (Å²) < 4.78 is 13.1. The van der Waals surface area contributed by atoms with E-state index >= 15 is 0 Å². The second kappa shape index (κ2) is 6.32. The number of anilines is 1. The summed E-state index contributed by atoms with van der Waals surface area (Å²) in [5, 5.41) is 10.1. The molecule has 1 heterocycles. The molecule has 4 nitrogen and oxygen atoms in total. The molecule has 1 aromatic carbocycles. The molecule has 0 amide bonds. The number of nitrogens with two attached hydrogens (primary N) is 1. The van der Waals surface area contributed by atoms with Gasteiger partial charge < -0.3 is 20.6 Å². The van der Waals surface area contributed by atoms with Gasteiger partial charge in [-0.15, -0.1) is 0 Å². The topological polar surface area (TPSA) is 52.7 Å². The number of nitrogen functional groups attached to an aromatic ring is 1. The largest absolute Gasteiger partial charge is 0.396 e. The Labute approximate surface area is 113 Å². The van der Waals surface area contributed by atoms with Crippen molar-refractivity contribution in [2.45, 2.75) is 12.5 Å². The van der Waals surface area contributed by atoms with Crippen LogP contribution in [-0.2, 0) is 0 Å². The summed E-state index contributed by atoms with van der Waals surface area (Å²) in [6.45, 7) is 5.06. The molecular formula is C14H22FN3O. The van der Waals surface area contributed by atoms with E-state index in [1.165, 1.54) is 12.1 Å². The average Bonchev–Trinajstić information content (AvgIpc) is 2.41. The zero-order chi connectivity index (χ0) is 13.8. The van der Waals surface area contributed by atoms with Gasteiger partial charge in [0.05, 0.1) is 11.8 Å². The highest BCUT2D eigenvalue weighted by Gasteiger charge is 2.16. The molecule has 1 atom stereocenters. The molecule has 0 spiro atoms. The fourth-order valence-corrected chi connectivity index (χ4v) is 2.31. The van der Waals surface area contributed by atoms with Crippen molar-refractivity contribution in [1.29, 1.82) is 0 Å². The molecule has 0 saturated carbocycles. The van der Waals surface area contributed by atoms with Crippen molar-refractivity contribution in [2.24, 2.45) is 0 Å². The SMILES string of the molecule is CN1CCN(CCC(O)c2ccc(F)c(N)c2)CC1. The zero-order valence-electron chi connectivity index (χ0n) is 11.3. The van der Waals surface area contributed by atoms with E-state index in [0.717, 1.165) is 32.7 Å². The van der Waals surface area contributed by atoms with Crippen molar-refractivity contribution in [3.63, 3.8) is 0 Å². The maximum Gasteiger partial charge on any atom is 0.146 e. The van der Waals surface area contributed by atoms with Crippen LogP contribution in [0.3, 0.4) is 0 Å². The van der Waals surface area contributed by atoms with Crippen LogP contribution in [0, 0.1) is 5.82 Å². The van der Waals surface area contributed by atoms with Crippen LogP contribution in [0.2, 0.25) is 0 Å². The summed E-state index contributed by atoms with van der Waals surface area (Å²) in [6.07, 6.45) is 0.0666. The quantitative estimate of drug-likeness (QED) is 0.802. The lowest BCUT2D eigenvalue weighted by atomic mass is 10.1. The first kappa shape index (κ1) is 14.2. The lowest BCUT2D eigenvalue weighted by Crippen LogP contribution is -2.44. The first-order valence-corrected chi connectivity index (χ1v) is 6.70. The highest BCUT2D eigenvalue weighted by Crippen LogP contribution is 2.21. The fourth-order valence-electron chi connectivity index (χ4n) is 2.31. The number of rotatable bonds is 4. The van der Waals surface area contributed by atoms with Gasteiger partial charge in [-0.2, -0.15) is 0 Å². The van der Waals surface area contributed by atoms with Gasteiger partial charge in [0.25, 0.3) is 0 Å². The van der Waals surface area contributed by atoms with Crippen LogP contribution in [0.15, 0.2) is 18.2 Å². The maximum atomic E-state index is 13.1. The molecule has 1 aliphatic rings. The summed E-state index contributed by atoms with van der Waals surface area (Å²) in [6, 6.07) is 4.42. The number of aliphatic hydroxyl groups excluding tert-OH is 1. The summed E-state index contributed by atoms with van der Waals surface area (Å²) >= 11 is 0. The van der Waals surface area contributed by atoms with Crippen molar-refractivity contribution in [1.82, 2.24) is 9.80 Å². The highest BCUT2D eigenvalue weighted by molar-refractivity contribution is 5.43. The van der Waals surface area contributed by atoms with E-state index in [4.69, 9.17) is 5.73 Å². The minimum absolute atomic E-state index is 0.0937. The minimum atomic E-state index is -0.581. The molecule has 1 fully saturated rings. The maximum absolute atomic E-state index is 13.1. The molecule has 1 unspecified atom stereocenters. The fraction of sp³-hybridized carbons (Fsp3) is 0.571. The van der Waals surface area contributed by atoms with Gasteiger partial charge in [0, 0.05) is 32.7 Å². The third-order valence-corrected chi connectivity index (χ3v) is 3.72. The van der Waals surface area contributed by atoms with Gasteiger partial charge in [-0.25, -0.2) is 4.39 Å². The van der Waals surface area contributed by atoms with Crippen molar-refractivity contribution in [3.8, 4) is 0 Å². The van der Waals surface area contributed by atoms with Crippen molar-refractivity contribution in [3.05, 3.63) is 29.6 Å². The summed E-state index contributed by atoms with van der Waals surface area (Å²) in [7, 11) is 2.12. The Balaban J connectivity index is 1.83. The molecule has 0 aliphatic carbocycles. The van der Waals surface area contributed by atoms with Gasteiger partial charge >= 0.3 is 0 Å². The minimum Gasteiger partial charge on any atom is -0.396 e. The number of likely N-dealkylation sites (N-methyl/N-ethyl adjacent to an activating group) is 1. The van der Waals surface area contributed by atoms with E-state index in [-0.39, 0.29) is 5.69 Å². The van der Waals surface area contributed by atoms with Gasteiger partial charge in [0.15, 0.2) is 0 Å².